The molecule has 0 aromatic carbocycles. The van der Waals surface area contributed by atoms with E-state index in [1.54, 1.807) is 0 Å². The van der Waals surface area contributed by atoms with Crippen LogP contribution in [0.1, 0.15) is 25.7 Å². The van der Waals surface area contributed by atoms with E-state index in [-0.39, 0.29) is 35.2 Å². The van der Waals surface area contributed by atoms with Gasteiger partial charge in [-0.1, -0.05) is 0 Å². The third-order valence-corrected chi connectivity index (χ3v) is 7.35. The summed E-state index contributed by atoms with van der Waals surface area (Å²) < 4.78 is 27.6. The van der Waals surface area contributed by atoms with E-state index in [9.17, 15) is 18.7 Å². The molecule has 3 aliphatic rings. The Labute approximate surface area is 162 Å². The Hall–Kier alpha value is -0.210. The predicted octanol–water partition coefficient (Wildman–Crippen LogP) is 1.39. The number of aliphatic hydroxyl groups excluding tert-OH is 1. The number of nitrogens with one attached hydrogen (secondary N) is 1. The molecule has 2 aliphatic heterocycles. The molecule has 3 rings (SSSR count). The molecule has 0 aromatic heterocycles. The molecule has 26 heavy (non-hydrogen) atoms. The molecular weight excluding hydrogens is 387 g/mol. The minimum atomic E-state index is -2.98. The monoisotopic (exact) mass is 413 g/mol. The molecule has 1 aliphatic carbocycles. The summed E-state index contributed by atoms with van der Waals surface area (Å²) in [7, 11) is 0. The Kier molecular flexibility index (Phi) is 6.34. The molecule has 0 spiro atoms. The SMILES string of the molecule is N[C@H](C1CCN(C(=O)C2CNCC2(F)F)CC1)C1CC(Cl)C(Cl)CC1O. The van der Waals surface area contributed by atoms with Gasteiger partial charge in [0.1, 0.15) is 5.92 Å². The van der Waals surface area contributed by atoms with Crippen molar-refractivity contribution in [2.45, 2.75) is 54.5 Å². The number of halogens is 4. The fourth-order valence-corrected chi connectivity index (χ4v) is 5.12. The van der Waals surface area contributed by atoms with Gasteiger partial charge in [0.2, 0.25) is 5.91 Å². The predicted molar refractivity (Wildman–Crippen MR) is 96.6 cm³/mol. The van der Waals surface area contributed by atoms with Gasteiger partial charge in [0.05, 0.1) is 23.4 Å². The zero-order valence-corrected chi connectivity index (χ0v) is 16.1. The summed E-state index contributed by atoms with van der Waals surface area (Å²) in [5, 5.41) is 12.5. The van der Waals surface area contributed by atoms with Crippen LogP contribution in [-0.4, -0.2) is 70.9 Å². The highest BCUT2D eigenvalue weighted by Gasteiger charge is 2.50. The molecule has 0 bridgehead atoms. The van der Waals surface area contributed by atoms with E-state index < -0.39 is 30.4 Å². The van der Waals surface area contributed by atoms with E-state index in [2.05, 4.69) is 5.32 Å². The molecule has 5 nitrogen and oxygen atoms in total. The van der Waals surface area contributed by atoms with Crippen LogP contribution in [0.4, 0.5) is 8.78 Å². The molecule has 2 saturated heterocycles. The van der Waals surface area contributed by atoms with Gasteiger partial charge in [0, 0.05) is 31.6 Å². The maximum absolute atomic E-state index is 13.8. The minimum absolute atomic E-state index is 0.0241. The Morgan fingerprint density at radius 3 is 2.42 bits per heavy atom. The Morgan fingerprint density at radius 2 is 1.85 bits per heavy atom. The molecule has 150 valence electrons. The van der Waals surface area contributed by atoms with Crippen molar-refractivity contribution in [3.63, 3.8) is 0 Å². The molecule has 9 heteroatoms. The summed E-state index contributed by atoms with van der Waals surface area (Å²) in [4.78, 5) is 14.0. The highest BCUT2D eigenvalue weighted by molar-refractivity contribution is 6.30. The van der Waals surface area contributed by atoms with Crippen LogP contribution < -0.4 is 11.1 Å². The summed E-state index contributed by atoms with van der Waals surface area (Å²) in [5.41, 5.74) is 6.41. The van der Waals surface area contributed by atoms with E-state index in [0.29, 0.717) is 38.8 Å². The summed E-state index contributed by atoms with van der Waals surface area (Å²) in [6.07, 6.45) is 1.72. The lowest BCUT2D eigenvalue weighted by molar-refractivity contribution is -0.146. The summed E-state index contributed by atoms with van der Waals surface area (Å²) in [5.74, 6) is -4.72. The zero-order valence-electron chi connectivity index (χ0n) is 14.6. The standard InChI is InChI=1S/C17H27Cl2F2N3O2/c18-12-5-10(14(25)6-13(12)19)15(22)9-1-3-24(4-2-9)16(26)11-7-23-8-17(11,20)21/h9-15,23,25H,1-8,22H2/t10?,11?,12?,13?,14?,15-/m1/s1. The Bertz CT molecular complexity index is 520. The number of alkyl halides is 4. The number of carbonyl (C=O) groups excluding carboxylic acids is 1. The number of piperidine rings is 1. The summed E-state index contributed by atoms with van der Waals surface area (Å²) >= 11 is 12.4. The lowest BCUT2D eigenvalue weighted by Crippen LogP contribution is -2.53. The molecule has 0 radical (unpaired) electrons. The van der Waals surface area contributed by atoms with Crippen LogP contribution in [-0.2, 0) is 4.79 Å². The van der Waals surface area contributed by atoms with E-state index in [0.717, 1.165) is 0 Å². The van der Waals surface area contributed by atoms with Crippen molar-refractivity contribution >= 4 is 29.1 Å². The van der Waals surface area contributed by atoms with Crippen LogP contribution in [0.3, 0.4) is 0 Å². The number of likely N-dealkylation sites (tertiary alicyclic amines) is 1. The van der Waals surface area contributed by atoms with E-state index in [1.807, 2.05) is 0 Å². The summed E-state index contributed by atoms with van der Waals surface area (Å²) in [6.45, 7) is 0.436. The average Bonchev–Trinajstić information content (AvgIpc) is 2.96. The van der Waals surface area contributed by atoms with Gasteiger partial charge in [-0.25, -0.2) is 8.78 Å². The van der Waals surface area contributed by atoms with Gasteiger partial charge in [-0.15, -0.1) is 23.2 Å². The van der Waals surface area contributed by atoms with Gasteiger partial charge in [0.15, 0.2) is 0 Å². The number of hydrogen-bond acceptors (Lipinski definition) is 4. The smallest absolute Gasteiger partial charge is 0.273 e. The van der Waals surface area contributed by atoms with Crippen LogP contribution in [0.15, 0.2) is 0 Å². The van der Waals surface area contributed by atoms with Crippen LogP contribution in [0.5, 0.6) is 0 Å². The van der Waals surface area contributed by atoms with E-state index in [1.165, 1.54) is 4.90 Å². The van der Waals surface area contributed by atoms with Crippen molar-refractivity contribution in [2.24, 2.45) is 23.5 Å². The number of carbonyl (C=O) groups is 1. The van der Waals surface area contributed by atoms with Gasteiger partial charge in [-0.2, -0.15) is 0 Å². The molecule has 2 heterocycles. The fourth-order valence-electron chi connectivity index (χ4n) is 4.53. The lowest BCUT2D eigenvalue weighted by Gasteiger charge is -2.42. The molecule has 5 unspecified atom stereocenters. The van der Waals surface area contributed by atoms with Crippen LogP contribution >= 0.6 is 23.2 Å². The first kappa shape index (κ1) is 20.5. The third-order valence-electron chi connectivity index (χ3n) is 6.26. The topological polar surface area (TPSA) is 78.6 Å². The van der Waals surface area contributed by atoms with Crippen LogP contribution in [0.2, 0.25) is 0 Å². The van der Waals surface area contributed by atoms with Crippen LogP contribution in [0.25, 0.3) is 0 Å². The second-order valence-electron chi connectivity index (χ2n) is 7.92. The normalized spacial score (nSPS) is 39.8. The maximum atomic E-state index is 13.8. The van der Waals surface area contributed by atoms with E-state index >= 15 is 0 Å². The van der Waals surface area contributed by atoms with Crippen molar-refractivity contribution in [3.8, 4) is 0 Å². The van der Waals surface area contributed by atoms with Crippen molar-refractivity contribution in [3.05, 3.63) is 0 Å². The van der Waals surface area contributed by atoms with Crippen molar-refractivity contribution in [1.29, 1.82) is 0 Å². The zero-order chi connectivity index (χ0) is 19.1. The highest BCUT2D eigenvalue weighted by Crippen LogP contribution is 2.37. The molecule has 1 saturated carbocycles. The number of nitrogens with two attached hydrogens (primary N) is 1. The molecule has 6 atom stereocenters. The second kappa shape index (κ2) is 8.03. The van der Waals surface area contributed by atoms with Gasteiger partial charge in [0.25, 0.3) is 5.92 Å². The molecular formula is C17H27Cl2F2N3O2. The summed E-state index contributed by atoms with van der Waals surface area (Å²) in [6, 6.07) is -0.234. The van der Waals surface area contributed by atoms with Gasteiger partial charge in [-0.3, -0.25) is 4.79 Å². The Morgan fingerprint density at radius 1 is 1.23 bits per heavy atom. The van der Waals surface area contributed by atoms with Crippen LogP contribution in [0, 0.1) is 17.8 Å². The molecule has 0 aromatic rings. The first-order valence-electron chi connectivity index (χ1n) is 9.30. The van der Waals surface area contributed by atoms with E-state index in [4.69, 9.17) is 28.9 Å². The lowest BCUT2D eigenvalue weighted by atomic mass is 9.74. The fraction of sp³-hybridized carbons (Fsp3) is 0.941. The van der Waals surface area contributed by atoms with Gasteiger partial charge in [-0.05, 0) is 31.6 Å². The van der Waals surface area contributed by atoms with Gasteiger partial charge < -0.3 is 21.1 Å². The largest absolute Gasteiger partial charge is 0.393 e. The average molecular weight is 414 g/mol. The first-order valence-corrected chi connectivity index (χ1v) is 10.2. The first-order chi connectivity index (χ1) is 12.2. The van der Waals surface area contributed by atoms with Crippen molar-refractivity contribution in [2.75, 3.05) is 26.2 Å². The third kappa shape index (κ3) is 4.12. The molecule has 4 N–H and O–H groups in total. The van der Waals surface area contributed by atoms with Gasteiger partial charge >= 0.3 is 0 Å². The number of hydrogen-bond donors (Lipinski definition) is 3. The highest BCUT2D eigenvalue weighted by atomic mass is 35.5. The maximum Gasteiger partial charge on any atom is 0.273 e. The molecule has 1 amide bonds. The van der Waals surface area contributed by atoms with Crippen molar-refractivity contribution in [1.82, 2.24) is 10.2 Å². The number of nitrogens with zero attached hydrogens (tertiary/aromatic N) is 1. The second-order valence-corrected chi connectivity index (χ2v) is 9.04. The molecule has 3 fully saturated rings. The Balaban J connectivity index is 1.54. The quantitative estimate of drug-likeness (QED) is 0.610. The minimum Gasteiger partial charge on any atom is -0.393 e. The number of rotatable bonds is 3. The number of amides is 1. The number of aliphatic hydroxyl groups is 1. The van der Waals surface area contributed by atoms with Crippen molar-refractivity contribution < 1.29 is 18.7 Å².